The standard InChI is InChI=1S/C17H15BrN2O4/c18-11-4-3-5-12(8-11)20-17(22)16(21)19-9-13-10-23-14-6-1-2-7-15(14)24-13/h1-8,13H,9-10H2,(H,19,21)(H,20,22). The molecule has 3 rings (SSSR count). The van der Waals surface area contributed by atoms with Crippen LogP contribution < -0.4 is 20.1 Å². The Morgan fingerprint density at radius 2 is 1.88 bits per heavy atom. The molecule has 2 N–H and O–H groups in total. The number of hydrogen-bond donors (Lipinski definition) is 2. The zero-order valence-corrected chi connectivity index (χ0v) is 14.2. The zero-order valence-electron chi connectivity index (χ0n) is 12.6. The van der Waals surface area contributed by atoms with Gasteiger partial charge in [0, 0.05) is 10.2 Å². The molecule has 0 spiro atoms. The van der Waals surface area contributed by atoms with Crippen molar-refractivity contribution in [1.29, 1.82) is 0 Å². The smallest absolute Gasteiger partial charge is 0.313 e. The van der Waals surface area contributed by atoms with Crippen LogP contribution in [-0.4, -0.2) is 31.1 Å². The molecule has 0 saturated heterocycles. The SMILES string of the molecule is O=C(NCC1COc2ccccc2O1)C(=O)Nc1cccc(Br)c1. The summed E-state index contributed by atoms with van der Waals surface area (Å²) in [7, 11) is 0. The molecule has 1 heterocycles. The minimum absolute atomic E-state index is 0.180. The van der Waals surface area contributed by atoms with Crippen LogP contribution in [0.2, 0.25) is 0 Å². The number of fused-ring (bicyclic) bond motifs is 1. The molecule has 1 aliphatic rings. The highest BCUT2D eigenvalue weighted by molar-refractivity contribution is 9.10. The summed E-state index contributed by atoms with van der Waals surface area (Å²) in [5.74, 6) is -0.156. The Bertz CT molecular complexity index is 766. The molecule has 2 aromatic rings. The fourth-order valence-corrected chi connectivity index (χ4v) is 2.60. The third-order valence-electron chi connectivity index (χ3n) is 3.35. The van der Waals surface area contributed by atoms with Crippen molar-refractivity contribution in [1.82, 2.24) is 5.32 Å². The third kappa shape index (κ3) is 4.05. The molecule has 7 heteroatoms. The second-order valence-corrected chi connectivity index (χ2v) is 6.09. The summed E-state index contributed by atoms with van der Waals surface area (Å²) in [6, 6.07) is 14.3. The first-order chi connectivity index (χ1) is 11.6. The first kappa shape index (κ1) is 16.3. The Balaban J connectivity index is 1.50. The molecule has 1 unspecified atom stereocenters. The van der Waals surface area contributed by atoms with Gasteiger partial charge in [0.25, 0.3) is 0 Å². The van der Waals surface area contributed by atoms with Crippen molar-refractivity contribution < 1.29 is 19.1 Å². The number of carbonyl (C=O) groups is 2. The number of para-hydroxylation sites is 2. The molecule has 0 saturated carbocycles. The van der Waals surface area contributed by atoms with E-state index in [0.717, 1.165) is 4.47 Å². The van der Waals surface area contributed by atoms with Crippen molar-refractivity contribution >= 4 is 33.4 Å². The number of halogens is 1. The monoisotopic (exact) mass is 390 g/mol. The Hall–Kier alpha value is -2.54. The zero-order chi connectivity index (χ0) is 16.9. The van der Waals surface area contributed by atoms with Crippen LogP contribution in [0.5, 0.6) is 11.5 Å². The predicted octanol–water partition coefficient (Wildman–Crippen LogP) is 2.34. The van der Waals surface area contributed by atoms with E-state index in [1.54, 1.807) is 24.3 Å². The highest BCUT2D eigenvalue weighted by Gasteiger charge is 2.22. The Morgan fingerprint density at radius 1 is 1.08 bits per heavy atom. The second-order valence-electron chi connectivity index (χ2n) is 5.17. The van der Waals surface area contributed by atoms with Crippen LogP contribution in [0.25, 0.3) is 0 Å². The Labute approximate surface area is 147 Å². The maximum absolute atomic E-state index is 11.9. The van der Waals surface area contributed by atoms with Crippen molar-refractivity contribution in [2.75, 3.05) is 18.5 Å². The number of benzene rings is 2. The molecule has 1 aliphatic heterocycles. The van der Waals surface area contributed by atoms with E-state index in [0.29, 0.717) is 23.8 Å². The van der Waals surface area contributed by atoms with Gasteiger partial charge in [0.1, 0.15) is 12.7 Å². The topological polar surface area (TPSA) is 76.7 Å². The van der Waals surface area contributed by atoms with Crippen molar-refractivity contribution in [3.05, 3.63) is 53.0 Å². The van der Waals surface area contributed by atoms with Gasteiger partial charge in [0.15, 0.2) is 11.5 Å². The fraction of sp³-hybridized carbons (Fsp3) is 0.176. The van der Waals surface area contributed by atoms with Crippen molar-refractivity contribution in [3.63, 3.8) is 0 Å². The molecule has 0 fully saturated rings. The molecule has 2 amide bonds. The largest absolute Gasteiger partial charge is 0.486 e. The molecular formula is C17H15BrN2O4. The number of anilines is 1. The van der Waals surface area contributed by atoms with E-state index >= 15 is 0 Å². The lowest BCUT2D eigenvalue weighted by Gasteiger charge is -2.26. The first-order valence-corrected chi connectivity index (χ1v) is 8.14. The van der Waals surface area contributed by atoms with Crippen molar-refractivity contribution in [2.45, 2.75) is 6.10 Å². The third-order valence-corrected chi connectivity index (χ3v) is 3.84. The molecule has 0 aliphatic carbocycles. The van der Waals surface area contributed by atoms with Crippen LogP contribution in [0.15, 0.2) is 53.0 Å². The Kier molecular flexibility index (Phi) is 5.00. The van der Waals surface area contributed by atoms with Crippen molar-refractivity contribution in [3.8, 4) is 11.5 Å². The lowest BCUT2D eigenvalue weighted by molar-refractivity contribution is -0.136. The molecule has 6 nitrogen and oxygen atoms in total. The summed E-state index contributed by atoms with van der Waals surface area (Å²) in [5.41, 5.74) is 0.538. The summed E-state index contributed by atoms with van der Waals surface area (Å²) >= 11 is 3.30. The number of carbonyl (C=O) groups excluding carboxylic acids is 2. The van der Waals surface area contributed by atoms with Gasteiger partial charge in [-0.05, 0) is 30.3 Å². The predicted molar refractivity (Wildman–Crippen MR) is 92.1 cm³/mol. The lowest BCUT2D eigenvalue weighted by atomic mass is 10.2. The van der Waals surface area contributed by atoms with Gasteiger partial charge < -0.3 is 20.1 Å². The number of rotatable bonds is 3. The number of nitrogens with one attached hydrogen (secondary N) is 2. The lowest BCUT2D eigenvalue weighted by Crippen LogP contribution is -2.44. The van der Waals surface area contributed by atoms with Crippen LogP contribution >= 0.6 is 15.9 Å². The molecular weight excluding hydrogens is 376 g/mol. The molecule has 0 aromatic heterocycles. The minimum Gasteiger partial charge on any atom is -0.486 e. The van der Waals surface area contributed by atoms with Crippen LogP contribution in [0.4, 0.5) is 5.69 Å². The van der Waals surface area contributed by atoms with E-state index in [9.17, 15) is 9.59 Å². The van der Waals surface area contributed by atoms with Gasteiger partial charge in [0.2, 0.25) is 0 Å². The fourth-order valence-electron chi connectivity index (χ4n) is 2.20. The normalized spacial score (nSPS) is 15.5. The van der Waals surface area contributed by atoms with Gasteiger partial charge in [-0.1, -0.05) is 34.1 Å². The van der Waals surface area contributed by atoms with Gasteiger partial charge in [-0.2, -0.15) is 0 Å². The average Bonchev–Trinajstić information content (AvgIpc) is 2.59. The summed E-state index contributed by atoms with van der Waals surface area (Å²) < 4.78 is 12.1. The summed E-state index contributed by atoms with van der Waals surface area (Å²) in [6.07, 6.45) is -0.345. The molecule has 2 aromatic carbocycles. The van der Waals surface area contributed by atoms with Gasteiger partial charge in [-0.25, -0.2) is 0 Å². The average molecular weight is 391 g/mol. The van der Waals surface area contributed by atoms with Crippen LogP contribution in [0.1, 0.15) is 0 Å². The Morgan fingerprint density at radius 3 is 2.67 bits per heavy atom. The number of hydrogen-bond acceptors (Lipinski definition) is 4. The maximum Gasteiger partial charge on any atom is 0.313 e. The van der Waals surface area contributed by atoms with E-state index in [4.69, 9.17) is 9.47 Å². The van der Waals surface area contributed by atoms with Crippen LogP contribution in [0.3, 0.4) is 0 Å². The van der Waals surface area contributed by atoms with E-state index in [1.807, 2.05) is 24.3 Å². The van der Waals surface area contributed by atoms with Gasteiger partial charge in [-0.3, -0.25) is 9.59 Å². The van der Waals surface area contributed by atoms with E-state index < -0.39 is 11.8 Å². The molecule has 1 atom stereocenters. The quantitative estimate of drug-likeness (QED) is 0.788. The van der Waals surface area contributed by atoms with E-state index in [1.165, 1.54) is 0 Å². The van der Waals surface area contributed by atoms with Crippen molar-refractivity contribution in [2.24, 2.45) is 0 Å². The first-order valence-electron chi connectivity index (χ1n) is 7.35. The van der Waals surface area contributed by atoms with E-state index in [2.05, 4.69) is 26.6 Å². The van der Waals surface area contributed by atoms with Gasteiger partial charge in [-0.15, -0.1) is 0 Å². The van der Waals surface area contributed by atoms with E-state index in [-0.39, 0.29) is 12.6 Å². The van der Waals surface area contributed by atoms with Crippen LogP contribution in [-0.2, 0) is 9.59 Å². The highest BCUT2D eigenvalue weighted by Crippen LogP contribution is 2.30. The van der Waals surface area contributed by atoms with Gasteiger partial charge >= 0.3 is 11.8 Å². The molecule has 124 valence electrons. The molecule has 24 heavy (non-hydrogen) atoms. The minimum atomic E-state index is -0.731. The summed E-state index contributed by atoms with van der Waals surface area (Å²) in [4.78, 5) is 23.8. The molecule has 0 bridgehead atoms. The summed E-state index contributed by atoms with van der Waals surface area (Å²) in [5, 5.41) is 5.08. The van der Waals surface area contributed by atoms with Gasteiger partial charge in [0.05, 0.1) is 6.54 Å². The molecule has 0 radical (unpaired) electrons. The second kappa shape index (κ2) is 7.35. The maximum atomic E-state index is 11.9. The van der Waals surface area contributed by atoms with Crippen LogP contribution in [0, 0.1) is 0 Å². The highest BCUT2D eigenvalue weighted by atomic mass is 79.9. The number of ether oxygens (including phenoxy) is 2. The summed E-state index contributed by atoms with van der Waals surface area (Å²) in [6.45, 7) is 0.490. The number of amides is 2.